The van der Waals surface area contributed by atoms with Crippen LogP contribution in [0.25, 0.3) is 0 Å². The highest BCUT2D eigenvalue weighted by atomic mass is 16.8. The minimum absolute atomic E-state index is 0.206. The van der Waals surface area contributed by atoms with E-state index in [1.165, 1.54) is 9.46 Å². The Balaban J connectivity index is 1.91. The first-order valence-electron chi connectivity index (χ1n) is 4.16. The van der Waals surface area contributed by atoms with Crippen LogP contribution in [-0.2, 0) is 0 Å². The Morgan fingerprint density at radius 1 is 0.786 bits per heavy atom. The molecule has 0 radical (unpaired) electrons. The number of hydrogen-bond donors (Lipinski definition) is 0. The zero-order chi connectivity index (χ0) is 9.80. The Morgan fingerprint density at radius 2 is 1.14 bits per heavy atom. The van der Waals surface area contributed by atoms with Crippen LogP contribution >= 0.6 is 0 Å². The molecule has 0 aliphatic carbocycles. The van der Waals surface area contributed by atoms with Crippen molar-refractivity contribution in [3.8, 4) is 0 Å². The van der Waals surface area contributed by atoms with Crippen LogP contribution in [0.2, 0.25) is 0 Å². The predicted octanol–water partition coefficient (Wildman–Crippen LogP) is 1.32. The van der Waals surface area contributed by atoms with Crippen molar-refractivity contribution in [2.24, 2.45) is 0 Å². The summed E-state index contributed by atoms with van der Waals surface area (Å²) in [6.07, 6.45) is 7.02. The van der Waals surface area contributed by atoms with Crippen molar-refractivity contribution in [3.05, 3.63) is 61.6 Å². The van der Waals surface area contributed by atoms with Crippen LogP contribution in [0.5, 0.6) is 0 Å². The minimum atomic E-state index is 0.206. The molecule has 2 aromatic rings. The van der Waals surface area contributed by atoms with E-state index in [9.17, 15) is 0 Å². The highest BCUT2D eigenvalue weighted by Crippen LogP contribution is 1.94. The maximum Gasteiger partial charge on any atom is 0.326 e. The predicted molar refractivity (Wildman–Crippen MR) is 51.2 cm³/mol. The molecular weight excluding hydrogens is 180 g/mol. The van der Waals surface area contributed by atoms with E-state index in [0.29, 0.717) is 0 Å². The van der Waals surface area contributed by atoms with Gasteiger partial charge in [-0.3, -0.25) is 0 Å². The van der Waals surface area contributed by atoms with Crippen LogP contribution in [0.4, 0.5) is 0 Å². The fraction of sp³-hybridized carbons (Fsp3) is 0. The van der Waals surface area contributed by atoms with Crippen LogP contribution in [0.3, 0.4) is 0 Å². The largest absolute Gasteiger partial charge is 0.335 e. The number of hydrogen-bond acceptors (Lipinski definition) is 2. The van der Waals surface area contributed by atoms with Gasteiger partial charge in [-0.1, -0.05) is 0 Å². The van der Waals surface area contributed by atoms with E-state index < -0.39 is 0 Å². The Kier molecular flexibility index (Phi) is 2.27. The van der Waals surface area contributed by atoms with Crippen molar-refractivity contribution in [3.63, 3.8) is 0 Å². The SMILES string of the molecule is C=C(On1cccc1)On1cccc1. The highest BCUT2D eigenvalue weighted by molar-refractivity contribution is 4.90. The first-order chi connectivity index (χ1) is 6.84. The molecule has 4 nitrogen and oxygen atoms in total. The molecule has 0 amide bonds. The van der Waals surface area contributed by atoms with Gasteiger partial charge in [0.15, 0.2) is 0 Å². The number of rotatable bonds is 4. The van der Waals surface area contributed by atoms with Gasteiger partial charge in [0, 0.05) is 24.8 Å². The molecule has 14 heavy (non-hydrogen) atoms. The monoisotopic (exact) mass is 190 g/mol. The van der Waals surface area contributed by atoms with E-state index in [-0.39, 0.29) is 5.95 Å². The van der Waals surface area contributed by atoms with Gasteiger partial charge in [0.05, 0.1) is 0 Å². The van der Waals surface area contributed by atoms with Gasteiger partial charge in [-0.05, 0) is 30.8 Å². The van der Waals surface area contributed by atoms with E-state index >= 15 is 0 Å². The molecule has 0 spiro atoms. The quantitative estimate of drug-likeness (QED) is 0.680. The third-order valence-corrected chi connectivity index (χ3v) is 1.57. The Labute approximate surface area is 81.5 Å². The Hall–Kier alpha value is -2.10. The molecule has 4 heteroatoms. The maximum atomic E-state index is 5.21. The summed E-state index contributed by atoms with van der Waals surface area (Å²) >= 11 is 0. The Bertz CT molecular complexity index is 351. The van der Waals surface area contributed by atoms with Gasteiger partial charge in [0.1, 0.15) is 0 Å². The van der Waals surface area contributed by atoms with E-state index in [1.54, 1.807) is 24.8 Å². The van der Waals surface area contributed by atoms with E-state index in [2.05, 4.69) is 6.58 Å². The van der Waals surface area contributed by atoms with Gasteiger partial charge in [0.25, 0.3) is 0 Å². The van der Waals surface area contributed by atoms with Crippen molar-refractivity contribution in [2.75, 3.05) is 0 Å². The third-order valence-electron chi connectivity index (χ3n) is 1.57. The van der Waals surface area contributed by atoms with Crippen molar-refractivity contribution in [2.45, 2.75) is 0 Å². The molecule has 72 valence electrons. The van der Waals surface area contributed by atoms with Gasteiger partial charge in [-0.25, -0.2) is 0 Å². The molecular formula is C10H10N2O2. The van der Waals surface area contributed by atoms with Gasteiger partial charge in [-0.15, -0.1) is 0 Å². The molecule has 0 aromatic carbocycles. The first-order valence-corrected chi connectivity index (χ1v) is 4.16. The topological polar surface area (TPSA) is 28.3 Å². The van der Waals surface area contributed by atoms with E-state index in [4.69, 9.17) is 9.68 Å². The molecule has 0 bridgehead atoms. The molecule has 2 heterocycles. The average molecular weight is 190 g/mol. The summed E-state index contributed by atoms with van der Waals surface area (Å²) in [6.45, 7) is 3.62. The lowest BCUT2D eigenvalue weighted by Crippen LogP contribution is -2.18. The first kappa shape index (κ1) is 8.50. The van der Waals surface area contributed by atoms with Crippen molar-refractivity contribution >= 4 is 0 Å². The summed E-state index contributed by atoms with van der Waals surface area (Å²) in [6, 6.07) is 7.40. The van der Waals surface area contributed by atoms with Crippen molar-refractivity contribution in [1.82, 2.24) is 9.46 Å². The average Bonchev–Trinajstić information content (AvgIpc) is 2.76. The van der Waals surface area contributed by atoms with Crippen LogP contribution in [0.1, 0.15) is 0 Å². The molecule has 2 aromatic heterocycles. The van der Waals surface area contributed by atoms with Crippen LogP contribution in [-0.4, -0.2) is 9.46 Å². The lowest BCUT2D eigenvalue weighted by atomic mass is 10.7. The maximum absolute atomic E-state index is 5.21. The molecule has 0 saturated carbocycles. The standard InChI is InChI=1S/C10H10N2O2/c1-10(13-11-6-2-3-7-11)14-12-8-4-5-9-12/h2-9H,1H2. The minimum Gasteiger partial charge on any atom is -0.335 e. The van der Waals surface area contributed by atoms with Crippen molar-refractivity contribution < 1.29 is 9.68 Å². The molecule has 0 aliphatic rings. The van der Waals surface area contributed by atoms with Crippen molar-refractivity contribution in [1.29, 1.82) is 0 Å². The summed E-state index contributed by atoms with van der Waals surface area (Å²) in [5.41, 5.74) is 0. The van der Waals surface area contributed by atoms with Gasteiger partial charge in [0.2, 0.25) is 0 Å². The normalized spacial score (nSPS) is 9.71. The second kappa shape index (κ2) is 3.74. The fourth-order valence-electron chi connectivity index (χ4n) is 1.01. The smallest absolute Gasteiger partial charge is 0.326 e. The lowest BCUT2D eigenvalue weighted by Gasteiger charge is -2.09. The van der Waals surface area contributed by atoms with Crippen LogP contribution in [0, 0.1) is 0 Å². The molecule has 0 atom stereocenters. The zero-order valence-electron chi connectivity index (χ0n) is 7.54. The molecule has 0 fully saturated rings. The second-order valence-electron chi connectivity index (χ2n) is 2.64. The summed E-state index contributed by atoms with van der Waals surface area (Å²) < 4.78 is 3.01. The summed E-state index contributed by atoms with van der Waals surface area (Å²) in [7, 11) is 0. The number of nitrogens with zero attached hydrogens (tertiary/aromatic N) is 2. The molecule has 0 aliphatic heterocycles. The Morgan fingerprint density at radius 3 is 1.50 bits per heavy atom. The molecule has 0 saturated heterocycles. The van der Waals surface area contributed by atoms with Crippen LogP contribution < -0.4 is 9.68 Å². The lowest BCUT2D eigenvalue weighted by molar-refractivity contribution is 0.0192. The number of aromatic nitrogens is 2. The van der Waals surface area contributed by atoms with E-state index in [1.807, 2.05) is 24.3 Å². The summed E-state index contributed by atoms with van der Waals surface area (Å²) in [4.78, 5) is 10.4. The van der Waals surface area contributed by atoms with Crippen LogP contribution in [0.15, 0.2) is 61.6 Å². The fourth-order valence-corrected chi connectivity index (χ4v) is 1.01. The highest BCUT2D eigenvalue weighted by Gasteiger charge is 1.97. The summed E-state index contributed by atoms with van der Waals surface area (Å²) in [5, 5.41) is 0. The molecule has 2 rings (SSSR count). The summed E-state index contributed by atoms with van der Waals surface area (Å²) in [5.74, 6) is 0.206. The molecule has 0 N–H and O–H groups in total. The molecule has 0 unspecified atom stereocenters. The zero-order valence-corrected chi connectivity index (χ0v) is 7.54. The van der Waals surface area contributed by atoms with E-state index in [0.717, 1.165) is 0 Å². The van der Waals surface area contributed by atoms with Gasteiger partial charge >= 0.3 is 5.95 Å². The van der Waals surface area contributed by atoms with Gasteiger partial charge < -0.3 is 9.68 Å². The third kappa shape index (κ3) is 1.98. The second-order valence-corrected chi connectivity index (χ2v) is 2.64. The van der Waals surface area contributed by atoms with Gasteiger partial charge in [-0.2, -0.15) is 9.46 Å².